The second-order valence-corrected chi connectivity index (χ2v) is 10.3. The van der Waals surface area contributed by atoms with Crippen LogP contribution in [-0.2, 0) is 34.1 Å². The van der Waals surface area contributed by atoms with Crippen LogP contribution in [0.2, 0.25) is 0 Å². The third kappa shape index (κ3) is 13.5. The van der Waals surface area contributed by atoms with Crippen LogP contribution in [0.5, 0.6) is 0 Å². The van der Waals surface area contributed by atoms with E-state index in [0.29, 0.717) is 30.6 Å². The quantitative estimate of drug-likeness (QED) is 0.0375. The molecule has 1 aromatic rings. The van der Waals surface area contributed by atoms with Crippen molar-refractivity contribution < 1.29 is 46.8 Å². The highest BCUT2D eigenvalue weighted by atomic mass is 32.2. The number of carbonyl (C=O) groups is 6. The Labute approximate surface area is 230 Å². The SMILES string of the molecule is NC(=O)[C@H](CCCCNC(=O)c1ccc(N)cc1)NC(=O)CC[C@H](NC(=O)[C@H](CCS(=O)(=O)O)NC=O)C(=O)O. The lowest BCUT2D eigenvalue weighted by atomic mass is 10.1. The first-order valence-electron chi connectivity index (χ1n) is 12.1. The fourth-order valence-corrected chi connectivity index (χ4v) is 3.94. The van der Waals surface area contributed by atoms with Crippen LogP contribution < -0.4 is 32.7 Å². The van der Waals surface area contributed by atoms with Gasteiger partial charge in [0.1, 0.15) is 18.1 Å². The second kappa shape index (κ2) is 16.7. The number of carboxylic acid groups (broad SMARTS) is 1. The van der Waals surface area contributed by atoms with E-state index < -0.39 is 76.9 Å². The van der Waals surface area contributed by atoms with E-state index in [-0.39, 0.29) is 18.7 Å². The molecule has 0 aromatic heterocycles. The number of nitrogens with one attached hydrogen (secondary N) is 4. The van der Waals surface area contributed by atoms with Gasteiger partial charge in [0.25, 0.3) is 16.0 Å². The first-order chi connectivity index (χ1) is 18.7. The number of nitrogens with two attached hydrogens (primary N) is 2. The van der Waals surface area contributed by atoms with Gasteiger partial charge in [-0.3, -0.25) is 28.5 Å². The maximum atomic E-state index is 12.3. The van der Waals surface area contributed by atoms with Gasteiger partial charge in [-0.05, 0) is 56.4 Å². The van der Waals surface area contributed by atoms with Gasteiger partial charge < -0.3 is 37.8 Å². The summed E-state index contributed by atoms with van der Waals surface area (Å²) in [6.45, 7) is 0.298. The van der Waals surface area contributed by atoms with Crippen molar-refractivity contribution in [2.75, 3.05) is 18.0 Å². The molecule has 0 saturated heterocycles. The molecule has 17 heteroatoms. The molecule has 40 heavy (non-hydrogen) atoms. The van der Waals surface area contributed by atoms with Crippen LogP contribution >= 0.6 is 0 Å². The number of hydrogen-bond acceptors (Lipinski definition) is 9. The smallest absolute Gasteiger partial charge is 0.326 e. The maximum absolute atomic E-state index is 12.3. The monoisotopic (exact) mass is 586 g/mol. The van der Waals surface area contributed by atoms with Crippen LogP contribution in [0.3, 0.4) is 0 Å². The number of anilines is 1. The number of aliphatic carboxylic acids is 1. The van der Waals surface area contributed by atoms with Gasteiger partial charge in [-0.15, -0.1) is 0 Å². The number of primary amides is 1. The van der Waals surface area contributed by atoms with Gasteiger partial charge >= 0.3 is 5.97 Å². The van der Waals surface area contributed by atoms with Crippen LogP contribution in [0.4, 0.5) is 5.69 Å². The molecule has 0 fully saturated rings. The number of hydrogen-bond donors (Lipinski definition) is 8. The summed E-state index contributed by atoms with van der Waals surface area (Å²) in [5.41, 5.74) is 11.9. The van der Waals surface area contributed by atoms with E-state index in [1.165, 1.54) is 0 Å². The summed E-state index contributed by atoms with van der Waals surface area (Å²) in [4.78, 5) is 70.8. The lowest BCUT2D eigenvalue weighted by Gasteiger charge is -2.20. The van der Waals surface area contributed by atoms with Crippen molar-refractivity contribution in [3.63, 3.8) is 0 Å². The average Bonchev–Trinajstić information content (AvgIpc) is 2.87. The second-order valence-electron chi connectivity index (χ2n) is 8.75. The molecule has 222 valence electrons. The third-order valence-corrected chi connectivity index (χ3v) is 6.33. The highest BCUT2D eigenvalue weighted by Crippen LogP contribution is 2.07. The number of rotatable bonds is 19. The minimum absolute atomic E-state index is 0.106. The van der Waals surface area contributed by atoms with Crippen molar-refractivity contribution >= 4 is 51.8 Å². The van der Waals surface area contributed by atoms with Crippen molar-refractivity contribution in [1.82, 2.24) is 21.3 Å². The summed E-state index contributed by atoms with van der Waals surface area (Å²) in [6.07, 6.45) is -0.196. The molecule has 0 saturated carbocycles. The van der Waals surface area contributed by atoms with E-state index in [1.54, 1.807) is 24.3 Å². The topological polar surface area (TPSA) is 277 Å². The maximum Gasteiger partial charge on any atom is 0.326 e. The van der Waals surface area contributed by atoms with Crippen LogP contribution in [0.15, 0.2) is 24.3 Å². The predicted octanol–water partition coefficient (Wildman–Crippen LogP) is -2.12. The molecule has 16 nitrogen and oxygen atoms in total. The summed E-state index contributed by atoms with van der Waals surface area (Å²) in [6, 6.07) is 2.25. The highest BCUT2D eigenvalue weighted by Gasteiger charge is 2.27. The standard InChI is InChI=1S/C23H34N6O10S/c24-15-6-4-14(5-7-15)21(33)26-11-2-1-3-16(20(25)32)28-19(31)9-8-18(23(35)36)29-22(34)17(27-13-30)10-12-40(37,38)39/h4-7,13,16-18H,1-3,8-12,24H2,(H2,25,32)(H,26,33)(H,27,30)(H,28,31)(H,29,34)(H,35,36)(H,37,38,39)/t16-,17-,18-/m0/s1. The Morgan fingerprint density at radius 1 is 0.925 bits per heavy atom. The molecule has 0 radical (unpaired) electrons. The number of benzene rings is 1. The highest BCUT2D eigenvalue weighted by molar-refractivity contribution is 7.85. The Morgan fingerprint density at radius 3 is 2.12 bits per heavy atom. The van der Waals surface area contributed by atoms with E-state index >= 15 is 0 Å². The lowest BCUT2D eigenvalue weighted by molar-refractivity contribution is -0.142. The van der Waals surface area contributed by atoms with Gasteiger partial charge in [0, 0.05) is 24.2 Å². The third-order valence-electron chi connectivity index (χ3n) is 5.58. The summed E-state index contributed by atoms with van der Waals surface area (Å²) in [5.74, 6) is -5.24. The fraction of sp³-hybridized carbons (Fsp3) is 0.478. The molecule has 0 bridgehead atoms. The van der Waals surface area contributed by atoms with Crippen molar-refractivity contribution in [2.24, 2.45) is 5.73 Å². The average molecular weight is 587 g/mol. The molecule has 5 amide bonds. The molecule has 0 aliphatic carbocycles. The van der Waals surface area contributed by atoms with Gasteiger partial charge in [0.05, 0.1) is 5.75 Å². The molecule has 0 aliphatic heterocycles. The summed E-state index contributed by atoms with van der Waals surface area (Å²) in [7, 11) is -4.45. The van der Waals surface area contributed by atoms with Crippen LogP contribution in [-0.4, -0.2) is 84.5 Å². The molecule has 1 rings (SSSR count). The number of amides is 5. The van der Waals surface area contributed by atoms with Gasteiger partial charge in [0.2, 0.25) is 24.1 Å². The minimum Gasteiger partial charge on any atom is -0.480 e. The predicted molar refractivity (Wildman–Crippen MR) is 141 cm³/mol. The zero-order valence-electron chi connectivity index (χ0n) is 21.5. The molecule has 3 atom stereocenters. The number of carbonyl (C=O) groups excluding carboxylic acids is 5. The normalized spacial score (nSPS) is 13.2. The fourth-order valence-electron chi connectivity index (χ4n) is 3.41. The Morgan fingerprint density at radius 2 is 1.57 bits per heavy atom. The first-order valence-corrected chi connectivity index (χ1v) is 13.7. The Hall–Kier alpha value is -4.25. The van der Waals surface area contributed by atoms with E-state index in [2.05, 4.69) is 16.0 Å². The van der Waals surface area contributed by atoms with Gasteiger partial charge in [0.15, 0.2) is 0 Å². The van der Waals surface area contributed by atoms with Crippen LogP contribution in [0, 0.1) is 0 Å². The summed E-state index contributed by atoms with van der Waals surface area (Å²) < 4.78 is 30.7. The first kappa shape index (κ1) is 33.8. The minimum atomic E-state index is -4.45. The number of carboxylic acids is 1. The lowest BCUT2D eigenvalue weighted by Crippen LogP contribution is -2.51. The summed E-state index contributed by atoms with van der Waals surface area (Å²) >= 11 is 0. The van der Waals surface area contributed by atoms with Gasteiger partial charge in [-0.25, -0.2) is 4.79 Å². The molecular weight excluding hydrogens is 552 g/mol. The molecule has 0 aliphatic rings. The molecule has 0 spiro atoms. The largest absolute Gasteiger partial charge is 0.480 e. The zero-order chi connectivity index (χ0) is 30.3. The molecular formula is C23H34N6O10S. The number of nitrogen functional groups attached to an aromatic ring is 1. The van der Waals surface area contributed by atoms with E-state index in [4.69, 9.17) is 16.0 Å². The van der Waals surface area contributed by atoms with Gasteiger partial charge in [-0.2, -0.15) is 8.42 Å². The van der Waals surface area contributed by atoms with Crippen molar-refractivity contribution in [1.29, 1.82) is 0 Å². The Kier molecular flexibility index (Phi) is 14.1. The molecule has 10 N–H and O–H groups in total. The van der Waals surface area contributed by atoms with E-state index in [0.717, 1.165) is 0 Å². The van der Waals surface area contributed by atoms with Crippen LogP contribution in [0.25, 0.3) is 0 Å². The molecule has 1 aromatic carbocycles. The van der Waals surface area contributed by atoms with Crippen molar-refractivity contribution in [3.05, 3.63) is 29.8 Å². The van der Waals surface area contributed by atoms with Crippen molar-refractivity contribution in [3.8, 4) is 0 Å². The Balaban J connectivity index is 2.53. The van der Waals surface area contributed by atoms with E-state index in [9.17, 15) is 42.3 Å². The zero-order valence-corrected chi connectivity index (χ0v) is 22.3. The van der Waals surface area contributed by atoms with E-state index in [1.807, 2.05) is 5.32 Å². The Bertz CT molecular complexity index is 1160. The van der Waals surface area contributed by atoms with Gasteiger partial charge in [-0.1, -0.05) is 0 Å². The molecule has 0 heterocycles. The summed E-state index contributed by atoms with van der Waals surface area (Å²) in [5, 5.41) is 18.6. The molecule has 0 unspecified atom stereocenters. The number of unbranched alkanes of at least 4 members (excludes halogenated alkanes) is 1. The van der Waals surface area contributed by atoms with Crippen LogP contribution in [0.1, 0.15) is 48.9 Å². The van der Waals surface area contributed by atoms with Crippen molar-refractivity contribution in [2.45, 2.75) is 56.7 Å².